The molecule has 0 saturated heterocycles. The molecule has 0 fully saturated rings. The first-order valence-corrected chi connectivity index (χ1v) is 9.38. The number of nitrogens with zero attached hydrogens (tertiary/aromatic N) is 1. The third-order valence-corrected chi connectivity index (χ3v) is 4.29. The molecule has 0 spiro atoms. The Morgan fingerprint density at radius 3 is 1.86 bits per heavy atom. The van der Waals surface area contributed by atoms with E-state index < -0.39 is 0 Å². The Kier molecular flexibility index (Phi) is 11.8. The van der Waals surface area contributed by atoms with Crippen molar-refractivity contribution in [1.29, 1.82) is 0 Å². The molecule has 126 valence electrons. The largest absolute Gasteiger partial charge is 0.371 e. The summed E-state index contributed by atoms with van der Waals surface area (Å²) in [6.07, 6.45) is 13.6. The Hall–Kier alpha value is -1.02. The predicted molar refractivity (Wildman–Crippen MR) is 99.6 cm³/mol. The summed E-state index contributed by atoms with van der Waals surface area (Å²) in [5, 5.41) is 0. The van der Waals surface area contributed by atoms with Crippen LogP contribution in [0.5, 0.6) is 0 Å². The third-order valence-electron chi connectivity index (χ3n) is 4.29. The molecule has 2 N–H and O–H groups in total. The highest BCUT2D eigenvalue weighted by Crippen LogP contribution is 2.15. The summed E-state index contributed by atoms with van der Waals surface area (Å²) in [7, 11) is 0. The van der Waals surface area contributed by atoms with E-state index in [4.69, 9.17) is 5.73 Å². The molecule has 0 aliphatic rings. The van der Waals surface area contributed by atoms with Crippen LogP contribution in [0.25, 0.3) is 0 Å². The minimum Gasteiger partial charge on any atom is -0.371 e. The average molecular weight is 305 g/mol. The molecule has 2 nitrogen and oxygen atoms in total. The van der Waals surface area contributed by atoms with E-state index in [1.807, 2.05) is 0 Å². The Labute approximate surface area is 138 Å². The SMILES string of the molecule is CCCCCCCCCCCN(CCCN)c1ccccc1. The van der Waals surface area contributed by atoms with Crippen LogP contribution in [0.2, 0.25) is 0 Å². The molecule has 0 amide bonds. The second kappa shape index (κ2) is 13.6. The number of anilines is 1. The summed E-state index contributed by atoms with van der Waals surface area (Å²) in [6.45, 7) is 5.31. The molecule has 0 atom stereocenters. The maximum atomic E-state index is 5.67. The van der Waals surface area contributed by atoms with Gasteiger partial charge in [0, 0.05) is 18.8 Å². The molecular formula is C20H36N2. The first-order chi connectivity index (χ1) is 10.9. The molecule has 2 heteroatoms. The van der Waals surface area contributed by atoms with E-state index in [9.17, 15) is 0 Å². The molecule has 1 aromatic carbocycles. The zero-order valence-corrected chi connectivity index (χ0v) is 14.6. The lowest BCUT2D eigenvalue weighted by Crippen LogP contribution is -2.27. The van der Waals surface area contributed by atoms with Gasteiger partial charge < -0.3 is 10.6 Å². The van der Waals surface area contributed by atoms with Crippen LogP contribution in [0, 0.1) is 0 Å². The van der Waals surface area contributed by atoms with E-state index in [1.165, 1.54) is 70.0 Å². The van der Waals surface area contributed by atoms with Gasteiger partial charge in [-0.2, -0.15) is 0 Å². The second-order valence-electron chi connectivity index (χ2n) is 6.29. The van der Waals surface area contributed by atoms with Crippen molar-refractivity contribution >= 4 is 5.69 Å². The average Bonchev–Trinajstić information content (AvgIpc) is 2.57. The van der Waals surface area contributed by atoms with Gasteiger partial charge in [0.2, 0.25) is 0 Å². The third kappa shape index (κ3) is 9.09. The van der Waals surface area contributed by atoms with Crippen molar-refractivity contribution in [3.8, 4) is 0 Å². The zero-order chi connectivity index (χ0) is 15.9. The van der Waals surface area contributed by atoms with Gasteiger partial charge in [0.05, 0.1) is 0 Å². The number of rotatable bonds is 14. The van der Waals surface area contributed by atoms with Gasteiger partial charge in [0.25, 0.3) is 0 Å². The van der Waals surface area contributed by atoms with Crippen LogP contribution < -0.4 is 10.6 Å². The minimum atomic E-state index is 0.779. The number of hydrogen-bond acceptors (Lipinski definition) is 2. The van der Waals surface area contributed by atoms with Crippen molar-refractivity contribution in [3.05, 3.63) is 30.3 Å². The van der Waals surface area contributed by atoms with E-state index in [0.29, 0.717) is 0 Å². The Balaban J connectivity index is 2.13. The molecule has 1 rings (SSSR count). The monoisotopic (exact) mass is 304 g/mol. The molecule has 0 aliphatic heterocycles. The fourth-order valence-corrected chi connectivity index (χ4v) is 2.90. The first-order valence-electron chi connectivity index (χ1n) is 9.38. The van der Waals surface area contributed by atoms with Gasteiger partial charge in [-0.3, -0.25) is 0 Å². The lowest BCUT2D eigenvalue weighted by Gasteiger charge is -2.24. The van der Waals surface area contributed by atoms with Crippen LogP contribution in [0.3, 0.4) is 0 Å². The Morgan fingerprint density at radius 1 is 0.727 bits per heavy atom. The zero-order valence-electron chi connectivity index (χ0n) is 14.6. The van der Waals surface area contributed by atoms with E-state index >= 15 is 0 Å². The summed E-state index contributed by atoms with van der Waals surface area (Å²) < 4.78 is 0. The maximum Gasteiger partial charge on any atom is 0.0366 e. The first kappa shape index (κ1) is 19.0. The Morgan fingerprint density at radius 2 is 1.27 bits per heavy atom. The summed E-state index contributed by atoms with van der Waals surface area (Å²) >= 11 is 0. The van der Waals surface area contributed by atoms with Gasteiger partial charge in [-0.1, -0.05) is 76.5 Å². The normalized spacial score (nSPS) is 10.8. The molecule has 0 bridgehead atoms. The van der Waals surface area contributed by atoms with Gasteiger partial charge in [0.15, 0.2) is 0 Å². The lowest BCUT2D eigenvalue weighted by molar-refractivity contribution is 0.560. The van der Waals surface area contributed by atoms with E-state index in [0.717, 1.165) is 19.5 Å². The van der Waals surface area contributed by atoms with Gasteiger partial charge in [0.1, 0.15) is 0 Å². The van der Waals surface area contributed by atoms with E-state index in [-0.39, 0.29) is 0 Å². The van der Waals surface area contributed by atoms with Crippen molar-refractivity contribution in [2.75, 3.05) is 24.5 Å². The molecule has 0 unspecified atom stereocenters. The molecule has 0 radical (unpaired) electrons. The topological polar surface area (TPSA) is 29.3 Å². The second-order valence-corrected chi connectivity index (χ2v) is 6.29. The smallest absolute Gasteiger partial charge is 0.0366 e. The van der Waals surface area contributed by atoms with Crippen molar-refractivity contribution in [3.63, 3.8) is 0 Å². The molecule has 0 aliphatic carbocycles. The minimum absolute atomic E-state index is 0.779. The fraction of sp³-hybridized carbons (Fsp3) is 0.700. The fourth-order valence-electron chi connectivity index (χ4n) is 2.90. The van der Waals surface area contributed by atoms with Crippen molar-refractivity contribution < 1.29 is 0 Å². The van der Waals surface area contributed by atoms with E-state index in [1.54, 1.807) is 0 Å². The molecular weight excluding hydrogens is 268 g/mol. The lowest BCUT2D eigenvalue weighted by atomic mass is 10.1. The van der Waals surface area contributed by atoms with E-state index in [2.05, 4.69) is 42.2 Å². The van der Waals surface area contributed by atoms with Crippen molar-refractivity contribution in [2.24, 2.45) is 5.73 Å². The van der Waals surface area contributed by atoms with Crippen molar-refractivity contribution in [2.45, 2.75) is 71.1 Å². The highest BCUT2D eigenvalue weighted by molar-refractivity contribution is 5.45. The Bertz CT molecular complexity index is 337. The van der Waals surface area contributed by atoms with Gasteiger partial charge in [-0.05, 0) is 31.5 Å². The summed E-state index contributed by atoms with van der Waals surface area (Å²) in [5.74, 6) is 0. The number of para-hydroxylation sites is 1. The summed E-state index contributed by atoms with van der Waals surface area (Å²) in [4.78, 5) is 2.49. The molecule has 0 aromatic heterocycles. The number of nitrogens with two attached hydrogens (primary N) is 1. The molecule has 22 heavy (non-hydrogen) atoms. The standard InChI is InChI=1S/C20H36N2/c1-2-3-4-5-6-7-8-9-13-18-22(19-14-17-21)20-15-11-10-12-16-20/h10-12,15-16H,2-9,13-14,17-19,21H2,1H3. The summed E-state index contributed by atoms with van der Waals surface area (Å²) in [6, 6.07) is 10.8. The molecule has 0 saturated carbocycles. The highest BCUT2D eigenvalue weighted by atomic mass is 15.1. The molecule has 0 heterocycles. The van der Waals surface area contributed by atoms with Crippen LogP contribution in [0.15, 0.2) is 30.3 Å². The maximum absolute atomic E-state index is 5.67. The summed E-state index contributed by atoms with van der Waals surface area (Å²) in [5.41, 5.74) is 7.02. The van der Waals surface area contributed by atoms with Gasteiger partial charge in [-0.25, -0.2) is 0 Å². The van der Waals surface area contributed by atoms with Crippen LogP contribution in [0.1, 0.15) is 71.1 Å². The van der Waals surface area contributed by atoms with Crippen molar-refractivity contribution in [1.82, 2.24) is 0 Å². The van der Waals surface area contributed by atoms with Crippen LogP contribution in [-0.2, 0) is 0 Å². The highest BCUT2D eigenvalue weighted by Gasteiger charge is 2.04. The number of benzene rings is 1. The van der Waals surface area contributed by atoms with Crippen LogP contribution in [0.4, 0.5) is 5.69 Å². The van der Waals surface area contributed by atoms with Crippen LogP contribution in [-0.4, -0.2) is 19.6 Å². The van der Waals surface area contributed by atoms with Crippen LogP contribution >= 0.6 is 0 Å². The number of hydrogen-bond donors (Lipinski definition) is 1. The quantitative estimate of drug-likeness (QED) is 0.468. The predicted octanol–water partition coefficient (Wildman–Crippen LogP) is 5.37. The number of unbranched alkanes of at least 4 members (excludes halogenated alkanes) is 8. The van der Waals surface area contributed by atoms with Gasteiger partial charge >= 0.3 is 0 Å². The van der Waals surface area contributed by atoms with Gasteiger partial charge in [-0.15, -0.1) is 0 Å². The molecule has 1 aromatic rings.